The van der Waals surface area contributed by atoms with Gasteiger partial charge in [0.1, 0.15) is 11.6 Å². The number of benzene rings is 1. The van der Waals surface area contributed by atoms with E-state index in [1.165, 1.54) is 0 Å². The van der Waals surface area contributed by atoms with Gasteiger partial charge < -0.3 is 15.4 Å². The first-order valence-corrected chi connectivity index (χ1v) is 8.20. The van der Waals surface area contributed by atoms with Crippen molar-refractivity contribution in [1.29, 1.82) is 0 Å². The standard InChI is InChI=1S/C18H26N2O3/c1-18(2,3)23-17(22)20-15(13-9-5-4-6-10-13)16(21)19-14-11-7-8-12-14/h4-6,9-10,14-15H,7-8,11-12H2,1-3H3,(H,19,21)(H,20,22)/t15-/m1/s1. The third-order valence-electron chi connectivity index (χ3n) is 3.76. The molecule has 1 aliphatic carbocycles. The molecule has 126 valence electrons. The molecule has 0 unspecified atom stereocenters. The van der Waals surface area contributed by atoms with Crippen molar-refractivity contribution >= 4 is 12.0 Å². The van der Waals surface area contributed by atoms with Crippen LogP contribution in [0.4, 0.5) is 4.79 Å². The number of carbonyl (C=O) groups is 2. The van der Waals surface area contributed by atoms with Gasteiger partial charge in [-0.2, -0.15) is 0 Å². The molecule has 5 nitrogen and oxygen atoms in total. The smallest absolute Gasteiger partial charge is 0.408 e. The summed E-state index contributed by atoms with van der Waals surface area (Å²) in [5.41, 5.74) is 0.140. The Labute approximate surface area is 137 Å². The average molecular weight is 318 g/mol. The van der Waals surface area contributed by atoms with Crippen LogP contribution in [0.25, 0.3) is 0 Å². The summed E-state index contributed by atoms with van der Waals surface area (Å²) in [7, 11) is 0. The lowest BCUT2D eigenvalue weighted by Crippen LogP contribution is -2.45. The predicted octanol–water partition coefficient (Wildman–Crippen LogP) is 3.31. The number of rotatable bonds is 4. The molecule has 0 aliphatic heterocycles. The summed E-state index contributed by atoms with van der Waals surface area (Å²) in [5, 5.41) is 5.73. The number of hydrogen-bond donors (Lipinski definition) is 2. The number of carbonyl (C=O) groups excluding carboxylic acids is 2. The van der Waals surface area contributed by atoms with Crippen LogP contribution in [0.5, 0.6) is 0 Å². The molecule has 0 radical (unpaired) electrons. The Bertz CT molecular complexity index is 531. The molecule has 1 saturated carbocycles. The van der Waals surface area contributed by atoms with E-state index < -0.39 is 17.7 Å². The van der Waals surface area contributed by atoms with E-state index in [4.69, 9.17) is 4.74 Å². The van der Waals surface area contributed by atoms with Gasteiger partial charge in [0.05, 0.1) is 0 Å². The number of hydrogen-bond acceptors (Lipinski definition) is 3. The Morgan fingerprint density at radius 1 is 1.13 bits per heavy atom. The quantitative estimate of drug-likeness (QED) is 0.895. The van der Waals surface area contributed by atoms with E-state index in [0.29, 0.717) is 0 Å². The van der Waals surface area contributed by atoms with Gasteiger partial charge in [-0.15, -0.1) is 0 Å². The van der Waals surface area contributed by atoms with E-state index in [9.17, 15) is 9.59 Å². The van der Waals surface area contributed by atoms with Crippen molar-refractivity contribution in [3.63, 3.8) is 0 Å². The molecule has 1 aliphatic rings. The van der Waals surface area contributed by atoms with Gasteiger partial charge in [0.2, 0.25) is 5.91 Å². The lowest BCUT2D eigenvalue weighted by molar-refractivity contribution is -0.124. The molecule has 0 heterocycles. The fourth-order valence-corrected chi connectivity index (χ4v) is 2.73. The second kappa shape index (κ2) is 7.49. The highest BCUT2D eigenvalue weighted by molar-refractivity contribution is 5.87. The molecule has 1 aromatic carbocycles. The summed E-state index contributed by atoms with van der Waals surface area (Å²) in [6.07, 6.45) is 3.69. The molecule has 0 aromatic heterocycles. The molecule has 1 atom stereocenters. The topological polar surface area (TPSA) is 67.4 Å². The fourth-order valence-electron chi connectivity index (χ4n) is 2.73. The van der Waals surface area contributed by atoms with Crippen molar-refractivity contribution in [3.05, 3.63) is 35.9 Å². The maximum atomic E-state index is 12.6. The van der Waals surface area contributed by atoms with Crippen LogP contribution >= 0.6 is 0 Å². The highest BCUT2D eigenvalue weighted by atomic mass is 16.6. The fraction of sp³-hybridized carbons (Fsp3) is 0.556. The van der Waals surface area contributed by atoms with E-state index in [1.807, 2.05) is 30.3 Å². The molecule has 0 spiro atoms. The van der Waals surface area contributed by atoms with Crippen LogP contribution in [0, 0.1) is 0 Å². The van der Waals surface area contributed by atoms with Crippen LogP contribution in [-0.4, -0.2) is 23.6 Å². The largest absolute Gasteiger partial charge is 0.444 e. The summed E-state index contributed by atoms with van der Waals surface area (Å²) >= 11 is 0. The zero-order valence-corrected chi connectivity index (χ0v) is 14.1. The first-order valence-electron chi connectivity index (χ1n) is 8.20. The van der Waals surface area contributed by atoms with Gasteiger partial charge >= 0.3 is 6.09 Å². The maximum Gasteiger partial charge on any atom is 0.408 e. The first kappa shape index (κ1) is 17.3. The van der Waals surface area contributed by atoms with Gasteiger partial charge in [-0.1, -0.05) is 43.2 Å². The van der Waals surface area contributed by atoms with E-state index in [-0.39, 0.29) is 11.9 Å². The van der Waals surface area contributed by atoms with Crippen molar-refractivity contribution in [1.82, 2.24) is 10.6 Å². The lowest BCUT2D eigenvalue weighted by atomic mass is 10.1. The molecular weight excluding hydrogens is 292 g/mol. The van der Waals surface area contributed by atoms with Gasteiger partial charge in [0.25, 0.3) is 0 Å². The summed E-state index contributed by atoms with van der Waals surface area (Å²) < 4.78 is 5.28. The molecule has 0 bridgehead atoms. The number of alkyl carbamates (subject to hydrolysis) is 1. The minimum Gasteiger partial charge on any atom is -0.444 e. The monoisotopic (exact) mass is 318 g/mol. The summed E-state index contributed by atoms with van der Waals surface area (Å²) in [5.74, 6) is -0.186. The van der Waals surface area contributed by atoms with Crippen molar-refractivity contribution in [2.45, 2.75) is 64.1 Å². The molecule has 2 amide bonds. The summed E-state index contributed by atoms with van der Waals surface area (Å²) in [6, 6.07) is 8.69. The molecule has 23 heavy (non-hydrogen) atoms. The van der Waals surface area contributed by atoms with Crippen LogP contribution in [0.2, 0.25) is 0 Å². The van der Waals surface area contributed by atoms with Gasteiger partial charge in [0, 0.05) is 6.04 Å². The Balaban J connectivity index is 2.08. The average Bonchev–Trinajstić information content (AvgIpc) is 2.96. The number of ether oxygens (including phenoxy) is 1. The lowest BCUT2D eigenvalue weighted by Gasteiger charge is -2.24. The number of amides is 2. The molecule has 2 rings (SSSR count). The SMILES string of the molecule is CC(C)(C)OC(=O)N[C@@H](C(=O)NC1CCCC1)c1ccccc1. The second-order valence-electron chi connectivity index (χ2n) is 6.98. The van der Waals surface area contributed by atoms with Crippen molar-refractivity contribution in [2.24, 2.45) is 0 Å². The zero-order chi connectivity index (χ0) is 16.9. The minimum absolute atomic E-state index is 0.186. The molecular formula is C18H26N2O3. The van der Waals surface area contributed by atoms with Gasteiger partial charge in [0.15, 0.2) is 0 Å². The van der Waals surface area contributed by atoms with Crippen molar-refractivity contribution in [3.8, 4) is 0 Å². The highest BCUT2D eigenvalue weighted by Crippen LogP contribution is 2.20. The van der Waals surface area contributed by atoms with E-state index in [2.05, 4.69) is 10.6 Å². The van der Waals surface area contributed by atoms with Gasteiger partial charge in [-0.3, -0.25) is 4.79 Å². The normalized spacial score (nSPS) is 16.7. The molecule has 5 heteroatoms. The summed E-state index contributed by atoms with van der Waals surface area (Å²) in [6.45, 7) is 5.38. The van der Waals surface area contributed by atoms with Crippen LogP contribution in [-0.2, 0) is 9.53 Å². The molecule has 0 saturated heterocycles. The van der Waals surface area contributed by atoms with Gasteiger partial charge in [-0.25, -0.2) is 4.79 Å². The molecule has 1 fully saturated rings. The van der Waals surface area contributed by atoms with Crippen LogP contribution < -0.4 is 10.6 Å². The Morgan fingerprint density at radius 2 is 1.74 bits per heavy atom. The maximum absolute atomic E-state index is 12.6. The summed E-state index contributed by atoms with van der Waals surface area (Å²) in [4.78, 5) is 24.7. The van der Waals surface area contributed by atoms with E-state index in [1.54, 1.807) is 20.8 Å². The molecule has 2 N–H and O–H groups in total. The first-order chi connectivity index (χ1) is 10.8. The third-order valence-corrected chi connectivity index (χ3v) is 3.76. The van der Waals surface area contributed by atoms with Crippen LogP contribution in [0.1, 0.15) is 58.1 Å². The second-order valence-corrected chi connectivity index (χ2v) is 6.98. The Morgan fingerprint density at radius 3 is 2.30 bits per heavy atom. The van der Waals surface area contributed by atoms with Crippen LogP contribution in [0.15, 0.2) is 30.3 Å². The molecule has 1 aromatic rings. The van der Waals surface area contributed by atoms with Crippen LogP contribution in [0.3, 0.4) is 0 Å². The zero-order valence-electron chi connectivity index (χ0n) is 14.1. The van der Waals surface area contributed by atoms with E-state index in [0.717, 1.165) is 31.2 Å². The third kappa shape index (κ3) is 5.58. The minimum atomic E-state index is -0.744. The Kier molecular flexibility index (Phi) is 5.64. The van der Waals surface area contributed by atoms with E-state index >= 15 is 0 Å². The Hall–Kier alpha value is -2.04. The predicted molar refractivity (Wildman–Crippen MR) is 89.0 cm³/mol. The number of nitrogens with one attached hydrogen (secondary N) is 2. The van der Waals surface area contributed by atoms with Crippen molar-refractivity contribution in [2.75, 3.05) is 0 Å². The van der Waals surface area contributed by atoms with Crippen molar-refractivity contribution < 1.29 is 14.3 Å². The highest BCUT2D eigenvalue weighted by Gasteiger charge is 2.28. The van der Waals surface area contributed by atoms with Gasteiger partial charge in [-0.05, 0) is 39.2 Å².